The standard InChI is InChI=1S/C14H14N4O/c1-9-4-10(2)6-11(5-9)18-13-12(7-16-18)14(19)17(3)8-15-13/h4-8H,1-3H3. The first-order chi connectivity index (χ1) is 9.06. The Kier molecular flexibility index (Phi) is 2.48. The van der Waals surface area contributed by atoms with Gasteiger partial charge in [-0.25, -0.2) is 9.67 Å². The summed E-state index contributed by atoms with van der Waals surface area (Å²) in [5.41, 5.74) is 3.74. The van der Waals surface area contributed by atoms with E-state index in [2.05, 4.69) is 16.1 Å². The zero-order valence-corrected chi connectivity index (χ0v) is 11.1. The Morgan fingerprint density at radius 1 is 1.11 bits per heavy atom. The molecule has 2 aromatic heterocycles. The fraction of sp³-hybridized carbons (Fsp3) is 0.214. The molecule has 96 valence electrons. The van der Waals surface area contributed by atoms with Crippen molar-refractivity contribution >= 4 is 11.0 Å². The molecule has 3 aromatic rings. The van der Waals surface area contributed by atoms with Crippen molar-refractivity contribution in [2.45, 2.75) is 13.8 Å². The van der Waals surface area contributed by atoms with Crippen molar-refractivity contribution in [2.24, 2.45) is 7.05 Å². The first-order valence-corrected chi connectivity index (χ1v) is 6.04. The maximum Gasteiger partial charge on any atom is 0.264 e. The molecule has 3 rings (SSSR count). The monoisotopic (exact) mass is 254 g/mol. The van der Waals surface area contributed by atoms with Gasteiger partial charge in [0, 0.05) is 7.05 Å². The summed E-state index contributed by atoms with van der Waals surface area (Å²) >= 11 is 0. The number of hydrogen-bond donors (Lipinski definition) is 0. The number of hydrogen-bond acceptors (Lipinski definition) is 3. The van der Waals surface area contributed by atoms with Gasteiger partial charge < -0.3 is 4.57 Å². The van der Waals surface area contributed by atoms with Gasteiger partial charge in [0.15, 0.2) is 5.65 Å². The number of rotatable bonds is 1. The number of nitrogens with zero attached hydrogens (tertiary/aromatic N) is 4. The van der Waals surface area contributed by atoms with Crippen molar-refractivity contribution in [3.8, 4) is 5.69 Å². The van der Waals surface area contributed by atoms with Crippen molar-refractivity contribution in [1.29, 1.82) is 0 Å². The van der Waals surface area contributed by atoms with Crippen LogP contribution in [0.4, 0.5) is 0 Å². The van der Waals surface area contributed by atoms with Crippen LogP contribution in [-0.2, 0) is 7.05 Å². The molecule has 19 heavy (non-hydrogen) atoms. The minimum absolute atomic E-state index is 0.0828. The summed E-state index contributed by atoms with van der Waals surface area (Å²) in [4.78, 5) is 16.3. The maximum absolute atomic E-state index is 12.0. The van der Waals surface area contributed by atoms with E-state index < -0.39 is 0 Å². The second-order valence-electron chi connectivity index (χ2n) is 4.80. The Morgan fingerprint density at radius 3 is 2.47 bits per heavy atom. The molecule has 1 aromatic carbocycles. The second kappa shape index (κ2) is 4.05. The van der Waals surface area contributed by atoms with Crippen LogP contribution >= 0.6 is 0 Å². The maximum atomic E-state index is 12.0. The van der Waals surface area contributed by atoms with Crippen molar-refractivity contribution in [3.63, 3.8) is 0 Å². The van der Waals surface area contributed by atoms with E-state index in [0.717, 1.165) is 16.8 Å². The van der Waals surface area contributed by atoms with Gasteiger partial charge in [-0.15, -0.1) is 0 Å². The molecular weight excluding hydrogens is 240 g/mol. The zero-order chi connectivity index (χ0) is 13.6. The summed E-state index contributed by atoms with van der Waals surface area (Å²) in [6, 6.07) is 6.15. The molecule has 0 aliphatic rings. The molecule has 0 bridgehead atoms. The van der Waals surface area contributed by atoms with Crippen LogP contribution in [0.25, 0.3) is 16.7 Å². The van der Waals surface area contributed by atoms with E-state index in [-0.39, 0.29) is 5.56 Å². The second-order valence-corrected chi connectivity index (χ2v) is 4.80. The summed E-state index contributed by atoms with van der Waals surface area (Å²) in [5.74, 6) is 0. The van der Waals surface area contributed by atoms with Gasteiger partial charge in [-0.05, 0) is 37.1 Å². The molecule has 0 fully saturated rings. The molecule has 0 saturated carbocycles. The molecular formula is C14H14N4O. The Hall–Kier alpha value is -2.43. The van der Waals surface area contributed by atoms with Crippen LogP contribution in [-0.4, -0.2) is 19.3 Å². The van der Waals surface area contributed by atoms with Gasteiger partial charge in [-0.1, -0.05) is 6.07 Å². The van der Waals surface area contributed by atoms with Crippen molar-refractivity contribution in [1.82, 2.24) is 19.3 Å². The summed E-state index contributed by atoms with van der Waals surface area (Å²) in [7, 11) is 1.68. The van der Waals surface area contributed by atoms with E-state index in [0.29, 0.717) is 11.0 Å². The lowest BCUT2D eigenvalue weighted by atomic mass is 10.1. The zero-order valence-electron chi connectivity index (χ0n) is 11.1. The van der Waals surface area contributed by atoms with Gasteiger partial charge in [0.2, 0.25) is 0 Å². The average molecular weight is 254 g/mol. The van der Waals surface area contributed by atoms with Gasteiger partial charge in [0.05, 0.1) is 18.2 Å². The number of aryl methyl sites for hydroxylation is 3. The highest BCUT2D eigenvalue weighted by atomic mass is 16.1. The van der Waals surface area contributed by atoms with Crippen LogP contribution in [0, 0.1) is 13.8 Å². The molecule has 0 saturated heterocycles. The molecule has 5 nitrogen and oxygen atoms in total. The van der Waals surface area contributed by atoms with Crippen LogP contribution in [0.5, 0.6) is 0 Å². The van der Waals surface area contributed by atoms with Gasteiger partial charge in [-0.3, -0.25) is 4.79 Å². The molecule has 0 amide bonds. The van der Waals surface area contributed by atoms with E-state index in [9.17, 15) is 4.79 Å². The molecule has 0 N–H and O–H groups in total. The van der Waals surface area contributed by atoms with Gasteiger partial charge in [0.1, 0.15) is 5.39 Å². The summed E-state index contributed by atoms with van der Waals surface area (Å²) in [6.45, 7) is 4.07. The minimum atomic E-state index is -0.0828. The van der Waals surface area contributed by atoms with E-state index in [1.165, 1.54) is 10.9 Å². The smallest absolute Gasteiger partial charge is 0.264 e. The summed E-state index contributed by atoms with van der Waals surface area (Å²) in [6.07, 6.45) is 3.09. The van der Waals surface area contributed by atoms with Crippen LogP contribution in [0.1, 0.15) is 11.1 Å². The van der Waals surface area contributed by atoms with E-state index >= 15 is 0 Å². The lowest BCUT2D eigenvalue weighted by Crippen LogP contribution is -2.16. The molecule has 0 radical (unpaired) electrons. The third-order valence-electron chi connectivity index (χ3n) is 3.10. The Labute approximate surface area is 110 Å². The highest BCUT2D eigenvalue weighted by Gasteiger charge is 2.10. The molecule has 5 heteroatoms. The van der Waals surface area contributed by atoms with Crippen LogP contribution in [0.3, 0.4) is 0 Å². The molecule has 0 spiro atoms. The van der Waals surface area contributed by atoms with Crippen LogP contribution < -0.4 is 5.56 Å². The average Bonchev–Trinajstić information content (AvgIpc) is 2.77. The number of fused-ring (bicyclic) bond motifs is 1. The van der Waals surface area contributed by atoms with E-state index in [1.807, 2.05) is 26.0 Å². The van der Waals surface area contributed by atoms with Crippen LogP contribution in [0.15, 0.2) is 35.5 Å². The first-order valence-electron chi connectivity index (χ1n) is 6.04. The fourth-order valence-corrected chi connectivity index (χ4v) is 2.26. The van der Waals surface area contributed by atoms with Crippen molar-refractivity contribution in [3.05, 3.63) is 52.2 Å². The van der Waals surface area contributed by atoms with Crippen molar-refractivity contribution in [2.75, 3.05) is 0 Å². The highest BCUT2D eigenvalue weighted by Crippen LogP contribution is 2.16. The number of aromatic nitrogens is 4. The quantitative estimate of drug-likeness (QED) is 0.664. The number of benzene rings is 1. The van der Waals surface area contributed by atoms with Crippen molar-refractivity contribution < 1.29 is 0 Å². The van der Waals surface area contributed by atoms with E-state index in [4.69, 9.17) is 0 Å². The largest absolute Gasteiger partial charge is 0.302 e. The minimum Gasteiger partial charge on any atom is -0.302 e. The van der Waals surface area contributed by atoms with Gasteiger partial charge >= 0.3 is 0 Å². The van der Waals surface area contributed by atoms with Crippen LogP contribution in [0.2, 0.25) is 0 Å². The summed E-state index contributed by atoms with van der Waals surface area (Å²) in [5, 5.41) is 4.82. The predicted molar refractivity (Wildman–Crippen MR) is 73.6 cm³/mol. The summed E-state index contributed by atoms with van der Waals surface area (Å²) < 4.78 is 3.16. The molecule has 0 aliphatic carbocycles. The molecule has 0 atom stereocenters. The SMILES string of the molecule is Cc1cc(C)cc(-n2ncc3c(=O)n(C)cnc32)c1. The topological polar surface area (TPSA) is 52.7 Å². The Bertz CT molecular complexity index is 809. The van der Waals surface area contributed by atoms with Gasteiger partial charge in [0.25, 0.3) is 5.56 Å². The molecule has 0 unspecified atom stereocenters. The molecule has 0 aliphatic heterocycles. The lowest BCUT2D eigenvalue weighted by Gasteiger charge is -2.06. The lowest BCUT2D eigenvalue weighted by molar-refractivity contribution is 0.831. The normalized spacial score (nSPS) is 11.1. The third kappa shape index (κ3) is 1.83. The Morgan fingerprint density at radius 2 is 1.79 bits per heavy atom. The highest BCUT2D eigenvalue weighted by molar-refractivity contribution is 5.75. The van der Waals surface area contributed by atoms with E-state index in [1.54, 1.807) is 17.9 Å². The predicted octanol–water partition coefficient (Wildman–Crippen LogP) is 1.74. The third-order valence-corrected chi connectivity index (χ3v) is 3.10. The first kappa shape index (κ1) is 11.6. The fourth-order valence-electron chi connectivity index (χ4n) is 2.26. The molecule has 2 heterocycles. The van der Waals surface area contributed by atoms with Gasteiger partial charge in [-0.2, -0.15) is 5.10 Å². The Balaban J connectivity index is 2.32.